The molecular weight excluding hydrogens is 592 g/mol. The Morgan fingerprint density at radius 2 is 1.87 bits per heavy atom. The molecule has 0 radical (unpaired) electrons. The smallest absolute Gasteiger partial charge is 0.306 e. The molecule has 11 heteroatoms. The van der Waals surface area contributed by atoms with Crippen LogP contribution in [-0.4, -0.2) is 60.0 Å². The van der Waals surface area contributed by atoms with Crippen molar-refractivity contribution in [2.45, 2.75) is 64.8 Å². The average Bonchev–Trinajstić information content (AvgIpc) is 3.51. The molecule has 0 aliphatic carbocycles. The van der Waals surface area contributed by atoms with Gasteiger partial charge in [-0.2, -0.15) is 5.26 Å². The Balaban J connectivity index is 1.37. The molecule has 0 bridgehead atoms. The van der Waals surface area contributed by atoms with Crippen molar-refractivity contribution in [1.29, 1.82) is 5.26 Å². The van der Waals surface area contributed by atoms with Gasteiger partial charge < -0.3 is 25.2 Å². The minimum absolute atomic E-state index is 0.0256. The van der Waals surface area contributed by atoms with Gasteiger partial charge in [-0.05, 0) is 74.6 Å². The van der Waals surface area contributed by atoms with Gasteiger partial charge in [-0.1, -0.05) is 29.8 Å². The number of halogens is 1. The summed E-state index contributed by atoms with van der Waals surface area (Å²) in [6.07, 6.45) is 0.839. The maximum absolute atomic E-state index is 13.3. The van der Waals surface area contributed by atoms with Crippen LogP contribution in [0.3, 0.4) is 0 Å². The summed E-state index contributed by atoms with van der Waals surface area (Å²) in [4.78, 5) is 48.6. The monoisotopic (exact) mass is 628 g/mol. The first-order chi connectivity index (χ1) is 21.3. The SMILES string of the molecule is CN(C)c1cc(-c2ccc(C#N)cc2Cl)c2c(n1)N(Cc1ccc3c(c1)CN(C(CCC(=O)OC(C)(C)C)C(N)=O)C3=O)CC2. The maximum atomic E-state index is 13.3. The molecule has 1 unspecified atom stereocenters. The summed E-state index contributed by atoms with van der Waals surface area (Å²) in [5.74, 6) is 0.273. The van der Waals surface area contributed by atoms with E-state index in [0.717, 1.165) is 52.4 Å². The molecule has 0 spiro atoms. The molecule has 2 amide bonds. The summed E-state index contributed by atoms with van der Waals surface area (Å²) in [6.45, 7) is 6.86. The number of esters is 1. The number of ether oxygens (including phenoxy) is 1. The van der Waals surface area contributed by atoms with Crippen molar-refractivity contribution in [3.8, 4) is 17.2 Å². The van der Waals surface area contributed by atoms with Crippen LogP contribution in [0.2, 0.25) is 5.02 Å². The van der Waals surface area contributed by atoms with Crippen molar-refractivity contribution >= 4 is 41.0 Å². The Bertz CT molecular complexity index is 1720. The lowest BCUT2D eigenvalue weighted by atomic mass is 9.98. The fraction of sp³-hybridized carbons (Fsp3) is 0.382. The zero-order chi connectivity index (χ0) is 32.6. The molecule has 3 aromatic rings. The highest BCUT2D eigenvalue weighted by Gasteiger charge is 2.36. The molecule has 1 aromatic heterocycles. The normalized spacial score (nSPS) is 14.6. The fourth-order valence-corrected chi connectivity index (χ4v) is 6.18. The Morgan fingerprint density at radius 3 is 2.51 bits per heavy atom. The Hall–Kier alpha value is -4.62. The van der Waals surface area contributed by atoms with Crippen molar-refractivity contribution in [1.82, 2.24) is 9.88 Å². The predicted molar refractivity (Wildman–Crippen MR) is 173 cm³/mol. The van der Waals surface area contributed by atoms with Gasteiger partial charge in [0.15, 0.2) is 0 Å². The molecule has 10 nitrogen and oxygen atoms in total. The van der Waals surface area contributed by atoms with Crippen LogP contribution >= 0.6 is 11.6 Å². The number of primary amides is 1. The van der Waals surface area contributed by atoms with E-state index in [9.17, 15) is 19.6 Å². The van der Waals surface area contributed by atoms with E-state index >= 15 is 0 Å². The molecule has 0 fully saturated rings. The first kappa shape index (κ1) is 31.8. The predicted octanol–water partition coefficient (Wildman–Crippen LogP) is 4.83. The number of pyridine rings is 1. The molecule has 2 aliphatic rings. The molecule has 2 aromatic carbocycles. The molecule has 5 rings (SSSR count). The van der Waals surface area contributed by atoms with Gasteiger partial charge in [0.05, 0.1) is 11.6 Å². The third kappa shape index (κ3) is 6.74. The highest BCUT2D eigenvalue weighted by Crippen LogP contribution is 2.41. The van der Waals surface area contributed by atoms with Gasteiger partial charge in [0.2, 0.25) is 5.91 Å². The number of carbonyl (C=O) groups is 3. The fourth-order valence-electron chi connectivity index (χ4n) is 5.90. The largest absolute Gasteiger partial charge is 0.460 e. The van der Waals surface area contributed by atoms with E-state index in [2.05, 4.69) is 11.0 Å². The van der Waals surface area contributed by atoms with Crippen molar-refractivity contribution in [2.24, 2.45) is 5.73 Å². The van der Waals surface area contributed by atoms with Crippen LogP contribution in [0.25, 0.3) is 11.1 Å². The quantitative estimate of drug-likeness (QED) is 0.333. The Morgan fingerprint density at radius 1 is 1.13 bits per heavy atom. The van der Waals surface area contributed by atoms with E-state index in [1.54, 1.807) is 39.0 Å². The first-order valence-corrected chi connectivity index (χ1v) is 15.2. The lowest BCUT2D eigenvalue weighted by Gasteiger charge is -2.25. The van der Waals surface area contributed by atoms with Gasteiger partial charge in [0.25, 0.3) is 5.91 Å². The van der Waals surface area contributed by atoms with E-state index in [1.807, 2.05) is 43.3 Å². The number of fused-ring (bicyclic) bond motifs is 2. The highest BCUT2D eigenvalue weighted by molar-refractivity contribution is 6.33. The lowest BCUT2D eigenvalue weighted by Crippen LogP contribution is -2.45. The topological polar surface area (TPSA) is 133 Å². The summed E-state index contributed by atoms with van der Waals surface area (Å²) < 4.78 is 5.37. The lowest BCUT2D eigenvalue weighted by molar-refractivity contribution is -0.155. The van der Waals surface area contributed by atoms with E-state index in [1.165, 1.54) is 4.90 Å². The molecule has 1 atom stereocenters. The summed E-state index contributed by atoms with van der Waals surface area (Å²) in [5.41, 5.74) is 10.8. The molecule has 2 N–H and O–H groups in total. The number of nitrogens with zero attached hydrogens (tertiary/aromatic N) is 5. The second kappa shape index (κ2) is 12.4. The van der Waals surface area contributed by atoms with Gasteiger partial charge in [-0.15, -0.1) is 0 Å². The van der Waals surface area contributed by atoms with E-state index in [-0.39, 0.29) is 25.3 Å². The molecule has 3 heterocycles. The average molecular weight is 629 g/mol. The molecule has 234 valence electrons. The number of rotatable bonds is 9. The summed E-state index contributed by atoms with van der Waals surface area (Å²) in [5, 5.41) is 9.81. The van der Waals surface area contributed by atoms with Crippen molar-refractivity contribution < 1.29 is 19.1 Å². The van der Waals surface area contributed by atoms with Crippen LogP contribution in [-0.2, 0) is 33.8 Å². The summed E-state index contributed by atoms with van der Waals surface area (Å²) >= 11 is 6.64. The minimum atomic E-state index is -0.924. The number of amides is 2. The van der Waals surface area contributed by atoms with Gasteiger partial charge in [0, 0.05) is 61.9 Å². The number of nitriles is 1. The molecule has 0 saturated heterocycles. The van der Waals surface area contributed by atoms with Crippen LogP contribution in [0.4, 0.5) is 11.6 Å². The number of anilines is 2. The third-order valence-corrected chi connectivity index (χ3v) is 8.30. The number of carbonyl (C=O) groups excluding carboxylic acids is 3. The number of aromatic nitrogens is 1. The third-order valence-electron chi connectivity index (χ3n) is 7.99. The second-order valence-electron chi connectivity index (χ2n) is 12.7. The summed E-state index contributed by atoms with van der Waals surface area (Å²) in [6, 6.07) is 14.3. The van der Waals surface area contributed by atoms with Crippen molar-refractivity contribution in [3.05, 3.63) is 75.3 Å². The standard InChI is InChI=1S/C34H37ClN6O4/c1-34(2,3)45-30(42)11-10-28(31(37)43)41-19-22-14-21(7-8-23(22)33(41)44)18-40-13-12-25-26(16-29(39(4)5)38-32(25)40)24-9-6-20(17-36)15-27(24)35/h6-9,14-16,28H,10-13,18-19H2,1-5H3,(H2,37,43). The molecule has 0 saturated carbocycles. The molecule has 2 aliphatic heterocycles. The van der Waals surface area contributed by atoms with Crippen LogP contribution in [0, 0.1) is 11.3 Å². The van der Waals surface area contributed by atoms with E-state index in [0.29, 0.717) is 22.7 Å². The summed E-state index contributed by atoms with van der Waals surface area (Å²) in [7, 11) is 3.88. The minimum Gasteiger partial charge on any atom is -0.460 e. The molecular formula is C34H37ClN6O4. The van der Waals surface area contributed by atoms with Crippen LogP contribution in [0.15, 0.2) is 42.5 Å². The number of hydrogen-bond acceptors (Lipinski definition) is 8. The van der Waals surface area contributed by atoms with Crippen LogP contribution in [0.5, 0.6) is 0 Å². The van der Waals surface area contributed by atoms with E-state index < -0.39 is 23.5 Å². The zero-order valence-electron chi connectivity index (χ0n) is 26.2. The first-order valence-electron chi connectivity index (χ1n) is 14.9. The highest BCUT2D eigenvalue weighted by atomic mass is 35.5. The van der Waals surface area contributed by atoms with Crippen molar-refractivity contribution in [3.63, 3.8) is 0 Å². The maximum Gasteiger partial charge on any atom is 0.306 e. The Labute approximate surface area is 268 Å². The number of benzene rings is 2. The van der Waals surface area contributed by atoms with E-state index in [4.69, 9.17) is 27.1 Å². The number of nitrogens with two attached hydrogens (primary N) is 1. The Kier molecular flexibility index (Phi) is 8.77. The van der Waals surface area contributed by atoms with Gasteiger partial charge in [-0.3, -0.25) is 14.4 Å². The van der Waals surface area contributed by atoms with Gasteiger partial charge in [-0.25, -0.2) is 4.98 Å². The van der Waals surface area contributed by atoms with Crippen LogP contribution in [0.1, 0.15) is 66.2 Å². The van der Waals surface area contributed by atoms with Crippen LogP contribution < -0.4 is 15.5 Å². The molecule has 45 heavy (non-hydrogen) atoms. The number of hydrogen-bond donors (Lipinski definition) is 1. The zero-order valence-corrected chi connectivity index (χ0v) is 26.9. The van der Waals surface area contributed by atoms with Gasteiger partial charge >= 0.3 is 5.97 Å². The van der Waals surface area contributed by atoms with Crippen molar-refractivity contribution in [2.75, 3.05) is 30.4 Å². The second-order valence-corrected chi connectivity index (χ2v) is 13.1. The van der Waals surface area contributed by atoms with Gasteiger partial charge in [0.1, 0.15) is 23.3 Å².